The number of nitrogens with one attached hydrogen (secondary N) is 1. The molecule has 0 bridgehead atoms. The summed E-state index contributed by atoms with van der Waals surface area (Å²) in [6.45, 7) is 3.09. The van der Waals surface area contributed by atoms with E-state index in [2.05, 4.69) is 10.2 Å². The molecule has 2 aliphatic heterocycles. The van der Waals surface area contributed by atoms with E-state index in [1.165, 1.54) is 25.3 Å². The van der Waals surface area contributed by atoms with Crippen molar-refractivity contribution in [1.82, 2.24) is 15.1 Å². The van der Waals surface area contributed by atoms with Crippen LogP contribution in [0.3, 0.4) is 0 Å². The van der Waals surface area contributed by atoms with Crippen molar-refractivity contribution in [1.29, 1.82) is 0 Å². The number of piperidine rings is 2. The van der Waals surface area contributed by atoms with Crippen LogP contribution >= 0.6 is 35.0 Å². The predicted molar refractivity (Wildman–Crippen MR) is 181 cm³/mol. The molecule has 0 aliphatic carbocycles. The number of hydrogen-bond acceptors (Lipinski definition) is 6. The normalized spacial score (nSPS) is 22.1. The van der Waals surface area contributed by atoms with Crippen LogP contribution in [0, 0.1) is 11.6 Å². The molecular weight excluding hydrogens is 694 g/mol. The Morgan fingerprint density at radius 1 is 0.917 bits per heavy atom. The van der Waals surface area contributed by atoms with Crippen LogP contribution in [0.1, 0.15) is 52.7 Å². The van der Waals surface area contributed by atoms with Gasteiger partial charge in [0.25, 0.3) is 5.91 Å². The summed E-state index contributed by atoms with van der Waals surface area (Å²) in [7, 11) is 5.17. The summed E-state index contributed by atoms with van der Waals surface area (Å²) in [6.07, 6.45) is 0.301. The number of carbonyl (C=O) groups excluding carboxylic acids is 1. The minimum atomic E-state index is -4.58. The molecule has 0 spiro atoms. The molecule has 0 radical (unpaired) electrons. The molecule has 2 fully saturated rings. The SMILES string of the molecule is CN1CCCC(N)(c2ccc(F)c(Cl)c2)C1.COc1cc(C(F)(F)F)cc(SC)c1C(=O)NC1(c2ccc(F)c(Cl)c2)CCCN(C)C1. The first-order valence-corrected chi connectivity index (χ1v) is 17.2. The molecule has 0 saturated carbocycles. The molecular formula is C34H39Cl2F5N4O2S. The number of halogens is 7. The van der Waals surface area contributed by atoms with Crippen LogP contribution < -0.4 is 15.8 Å². The van der Waals surface area contributed by atoms with E-state index in [-0.39, 0.29) is 26.3 Å². The van der Waals surface area contributed by atoms with Gasteiger partial charge in [-0.05, 0) is 107 Å². The lowest BCUT2D eigenvalue weighted by Gasteiger charge is -2.43. The number of likely N-dealkylation sites (tertiary alicyclic amines) is 2. The van der Waals surface area contributed by atoms with E-state index in [0.717, 1.165) is 68.4 Å². The van der Waals surface area contributed by atoms with Crippen LogP contribution in [0.5, 0.6) is 5.75 Å². The number of carbonyl (C=O) groups is 1. The fourth-order valence-electron chi connectivity index (χ4n) is 6.40. The standard InChI is InChI=1S/C22H23ClF4N2O2S.C12H16ClFN2/c1-29-8-4-7-21(12-29,13-5-6-16(24)15(23)9-13)28-20(30)19-17(31-2)10-14(22(25,26)27)11-18(19)32-3;1-16-6-2-5-12(15,8-16)9-3-4-11(14)10(13)7-9/h5-6,9-11H,4,7-8,12H2,1-3H3,(H,28,30);3-4,7H,2,5-6,8,15H2,1H3. The molecule has 5 rings (SSSR count). The van der Waals surface area contributed by atoms with Gasteiger partial charge in [0.2, 0.25) is 0 Å². The van der Waals surface area contributed by atoms with Crippen molar-refractivity contribution < 1.29 is 31.5 Å². The molecule has 2 unspecified atom stereocenters. The lowest BCUT2D eigenvalue weighted by atomic mass is 9.82. The number of rotatable bonds is 6. The molecule has 1 amide bonds. The molecule has 14 heteroatoms. The molecule has 2 saturated heterocycles. The molecule has 2 heterocycles. The maximum Gasteiger partial charge on any atom is 0.416 e. The van der Waals surface area contributed by atoms with Gasteiger partial charge < -0.3 is 25.6 Å². The highest BCUT2D eigenvalue weighted by Gasteiger charge is 2.40. The van der Waals surface area contributed by atoms with E-state index in [4.69, 9.17) is 33.7 Å². The first kappa shape index (κ1) is 38.2. The third kappa shape index (κ3) is 8.75. The van der Waals surface area contributed by atoms with Gasteiger partial charge in [-0.2, -0.15) is 13.2 Å². The molecule has 0 aromatic heterocycles. The Hall–Kier alpha value is -2.61. The molecule has 2 aliphatic rings. The summed E-state index contributed by atoms with van der Waals surface area (Å²) in [5.74, 6) is -1.71. The molecule has 3 aromatic carbocycles. The highest BCUT2D eigenvalue weighted by molar-refractivity contribution is 7.98. The Morgan fingerprint density at radius 2 is 1.48 bits per heavy atom. The zero-order valence-electron chi connectivity index (χ0n) is 27.1. The number of benzene rings is 3. The average molecular weight is 734 g/mol. The first-order chi connectivity index (χ1) is 22.5. The number of ether oxygens (including phenoxy) is 1. The maximum absolute atomic E-state index is 13.8. The fourth-order valence-corrected chi connectivity index (χ4v) is 7.40. The topological polar surface area (TPSA) is 70.8 Å². The maximum atomic E-state index is 13.8. The number of likely N-dealkylation sites (N-methyl/N-ethyl adjacent to an activating group) is 2. The summed E-state index contributed by atoms with van der Waals surface area (Å²) < 4.78 is 72.0. The van der Waals surface area contributed by atoms with Crippen LogP contribution in [0.15, 0.2) is 53.4 Å². The zero-order valence-corrected chi connectivity index (χ0v) is 29.4. The second-order valence-electron chi connectivity index (χ2n) is 12.4. The second kappa shape index (κ2) is 15.5. The van der Waals surface area contributed by atoms with Crippen molar-refractivity contribution in [2.24, 2.45) is 5.73 Å². The van der Waals surface area contributed by atoms with E-state index in [9.17, 15) is 26.7 Å². The third-order valence-electron chi connectivity index (χ3n) is 8.78. The van der Waals surface area contributed by atoms with Crippen molar-refractivity contribution in [2.75, 3.05) is 53.6 Å². The molecule has 2 atom stereocenters. The lowest BCUT2D eigenvalue weighted by molar-refractivity contribution is -0.137. The van der Waals surface area contributed by atoms with Gasteiger partial charge in [-0.25, -0.2) is 8.78 Å². The lowest BCUT2D eigenvalue weighted by Crippen LogP contribution is -2.55. The number of hydrogen-bond donors (Lipinski definition) is 2. The molecule has 262 valence electrons. The van der Waals surface area contributed by atoms with Gasteiger partial charge >= 0.3 is 6.18 Å². The van der Waals surface area contributed by atoms with Crippen molar-refractivity contribution in [3.05, 3.63) is 92.5 Å². The summed E-state index contributed by atoms with van der Waals surface area (Å²) in [4.78, 5) is 17.8. The van der Waals surface area contributed by atoms with E-state index < -0.39 is 40.4 Å². The van der Waals surface area contributed by atoms with Crippen molar-refractivity contribution in [2.45, 2.75) is 47.8 Å². The van der Waals surface area contributed by atoms with Crippen LogP contribution in [0.2, 0.25) is 10.0 Å². The summed E-state index contributed by atoms with van der Waals surface area (Å²) >= 11 is 12.8. The van der Waals surface area contributed by atoms with Crippen LogP contribution in [0.25, 0.3) is 0 Å². The Balaban J connectivity index is 0.000000271. The average Bonchev–Trinajstić information content (AvgIpc) is 3.02. The highest BCUT2D eigenvalue weighted by Crippen LogP contribution is 2.40. The highest BCUT2D eigenvalue weighted by atomic mass is 35.5. The van der Waals surface area contributed by atoms with E-state index >= 15 is 0 Å². The summed E-state index contributed by atoms with van der Waals surface area (Å²) in [6, 6.07) is 10.8. The molecule has 3 aromatic rings. The largest absolute Gasteiger partial charge is 0.496 e. The first-order valence-electron chi connectivity index (χ1n) is 15.2. The van der Waals surface area contributed by atoms with E-state index in [0.29, 0.717) is 18.5 Å². The molecule has 6 nitrogen and oxygen atoms in total. The minimum absolute atomic E-state index is 0.0220. The Kier molecular flexibility index (Phi) is 12.3. The Morgan fingerprint density at radius 3 is 2.00 bits per heavy atom. The van der Waals surface area contributed by atoms with Gasteiger partial charge in [0.05, 0.1) is 39.4 Å². The van der Waals surface area contributed by atoms with Gasteiger partial charge in [0.1, 0.15) is 17.4 Å². The van der Waals surface area contributed by atoms with Gasteiger partial charge in [0, 0.05) is 18.0 Å². The van der Waals surface area contributed by atoms with Crippen LogP contribution in [0.4, 0.5) is 22.0 Å². The number of nitrogens with zero attached hydrogens (tertiary/aromatic N) is 2. The number of nitrogens with two attached hydrogens (primary N) is 1. The van der Waals surface area contributed by atoms with E-state index in [1.54, 1.807) is 24.5 Å². The smallest absolute Gasteiger partial charge is 0.416 e. The quantitative estimate of drug-likeness (QED) is 0.198. The Labute approximate surface area is 292 Å². The van der Waals surface area contributed by atoms with Crippen LogP contribution in [-0.4, -0.2) is 69.3 Å². The predicted octanol–water partition coefficient (Wildman–Crippen LogP) is 7.94. The summed E-state index contributed by atoms with van der Waals surface area (Å²) in [5.41, 5.74) is 5.74. The Bertz CT molecular complexity index is 1610. The number of thioether (sulfide) groups is 1. The number of amides is 1. The van der Waals surface area contributed by atoms with Crippen LogP contribution in [-0.2, 0) is 17.3 Å². The van der Waals surface area contributed by atoms with Gasteiger partial charge in [0.15, 0.2) is 0 Å². The number of methoxy groups -OCH3 is 1. The number of alkyl halides is 3. The molecule has 48 heavy (non-hydrogen) atoms. The van der Waals surface area contributed by atoms with Gasteiger partial charge in [-0.15, -0.1) is 11.8 Å². The second-order valence-corrected chi connectivity index (χ2v) is 14.0. The van der Waals surface area contributed by atoms with Crippen molar-refractivity contribution in [3.8, 4) is 5.75 Å². The van der Waals surface area contributed by atoms with Crippen molar-refractivity contribution >= 4 is 40.9 Å². The molecule has 3 N–H and O–H groups in total. The minimum Gasteiger partial charge on any atom is -0.496 e. The van der Waals surface area contributed by atoms with Crippen molar-refractivity contribution in [3.63, 3.8) is 0 Å². The summed E-state index contributed by atoms with van der Waals surface area (Å²) in [5, 5.41) is 3.09. The van der Waals surface area contributed by atoms with Gasteiger partial charge in [-0.1, -0.05) is 35.3 Å². The van der Waals surface area contributed by atoms with Gasteiger partial charge in [-0.3, -0.25) is 4.79 Å². The monoisotopic (exact) mass is 732 g/mol. The zero-order chi connectivity index (χ0) is 35.4. The third-order valence-corrected chi connectivity index (χ3v) is 10.1. The fraction of sp³-hybridized carbons (Fsp3) is 0.441. The van der Waals surface area contributed by atoms with E-state index in [1.807, 2.05) is 19.0 Å².